The molecule has 4 rings (SSSR count). The van der Waals surface area contributed by atoms with Crippen LogP contribution in [0.4, 0.5) is 5.69 Å². The largest absolute Gasteiger partial charge is 0.298 e. The number of non-ortho nitro benzene ring substituents is 1. The Hall–Kier alpha value is -3.02. The molecule has 23 heavy (non-hydrogen) atoms. The monoisotopic (exact) mass is 307 g/mol. The van der Waals surface area contributed by atoms with Crippen LogP contribution in [0.1, 0.15) is 17.7 Å². The zero-order valence-electron chi connectivity index (χ0n) is 12.2. The van der Waals surface area contributed by atoms with Crippen molar-refractivity contribution in [2.75, 3.05) is 0 Å². The molecule has 0 N–H and O–H groups in total. The molecule has 0 saturated carbocycles. The van der Waals surface area contributed by atoms with E-state index in [1.807, 2.05) is 10.6 Å². The summed E-state index contributed by atoms with van der Waals surface area (Å²) in [5.41, 5.74) is 3.00. The lowest BCUT2D eigenvalue weighted by atomic mass is 10.1. The van der Waals surface area contributed by atoms with Crippen molar-refractivity contribution in [1.82, 2.24) is 9.55 Å². The van der Waals surface area contributed by atoms with Crippen molar-refractivity contribution in [2.24, 2.45) is 0 Å². The second-order valence-electron chi connectivity index (χ2n) is 5.59. The van der Waals surface area contributed by atoms with Crippen LogP contribution < -0.4 is 5.43 Å². The summed E-state index contributed by atoms with van der Waals surface area (Å²) in [6.07, 6.45) is 4.07. The third kappa shape index (κ3) is 2.03. The van der Waals surface area contributed by atoms with Gasteiger partial charge < -0.3 is 0 Å². The number of hydrogen-bond donors (Lipinski definition) is 0. The number of rotatable bonds is 2. The molecule has 0 unspecified atom stereocenters. The normalized spacial score (nSPS) is 13.2. The molecule has 1 aromatic carbocycles. The van der Waals surface area contributed by atoms with Crippen molar-refractivity contribution < 1.29 is 4.92 Å². The molecule has 2 aromatic heterocycles. The van der Waals surface area contributed by atoms with Crippen LogP contribution in [-0.2, 0) is 12.8 Å². The maximum atomic E-state index is 12.6. The highest BCUT2D eigenvalue weighted by atomic mass is 16.6. The number of hydrogen-bond acceptors (Lipinski definition) is 4. The van der Waals surface area contributed by atoms with Gasteiger partial charge in [0.05, 0.1) is 16.0 Å². The second-order valence-corrected chi connectivity index (χ2v) is 5.59. The average molecular weight is 307 g/mol. The van der Waals surface area contributed by atoms with Crippen molar-refractivity contribution in [3.63, 3.8) is 0 Å². The predicted octanol–water partition coefficient (Wildman–Crippen LogP) is 2.78. The lowest BCUT2D eigenvalue weighted by Gasteiger charge is -2.15. The SMILES string of the molecule is O=c1c2c(n(-c3cccc([N+](=O)[O-])c3)c3ncccc13)CCC2. The van der Waals surface area contributed by atoms with E-state index in [1.54, 1.807) is 24.4 Å². The first-order valence-electron chi connectivity index (χ1n) is 7.43. The van der Waals surface area contributed by atoms with Gasteiger partial charge in [0.25, 0.3) is 5.69 Å². The minimum absolute atomic E-state index is 0.0250. The molecule has 1 aliphatic rings. The Morgan fingerprint density at radius 3 is 2.87 bits per heavy atom. The molecule has 0 amide bonds. The summed E-state index contributed by atoms with van der Waals surface area (Å²) in [5.74, 6) is 0. The van der Waals surface area contributed by atoms with Crippen molar-refractivity contribution in [3.8, 4) is 5.69 Å². The first-order chi connectivity index (χ1) is 11.2. The Bertz CT molecular complexity index is 1010. The van der Waals surface area contributed by atoms with Crippen LogP contribution in [0, 0.1) is 10.1 Å². The number of nitro benzene ring substituents is 1. The third-order valence-electron chi connectivity index (χ3n) is 4.27. The van der Waals surface area contributed by atoms with E-state index in [2.05, 4.69) is 4.98 Å². The van der Waals surface area contributed by atoms with E-state index in [-0.39, 0.29) is 11.1 Å². The van der Waals surface area contributed by atoms with Crippen LogP contribution in [0.5, 0.6) is 0 Å². The summed E-state index contributed by atoms with van der Waals surface area (Å²) in [6, 6.07) is 9.95. The molecule has 0 bridgehead atoms. The van der Waals surface area contributed by atoms with E-state index in [9.17, 15) is 14.9 Å². The predicted molar refractivity (Wildman–Crippen MR) is 86.0 cm³/mol. The Balaban J connectivity index is 2.12. The smallest absolute Gasteiger partial charge is 0.271 e. The van der Waals surface area contributed by atoms with E-state index in [4.69, 9.17) is 0 Å². The molecular weight excluding hydrogens is 294 g/mol. The topological polar surface area (TPSA) is 78.0 Å². The number of fused-ring (bicyclic) bond motifs is 2. The summed E-state index contributed by atoms with van der Waals surface area (Å²) >= 11 is 0. The molecule has 1 aliphatic carbocycles. The molecule has 0 fully saturated rings. The molecule has 6 heteroatoms. The molecule has 0 atom stereocenters. The quantitative estimate of drug-likeness (QED) is 0.538. The minimum Gasteiger partial charge on any atom is -0.298 e. The Morgan fingerprint density at radius 2 is 2.04 bits per heavy atom. The van der Waals surface area contributed by atoms with Crippen molar-refractivity contribution in [1.29, 1.82) is 0 Å². The van der Waals surface area contributed by atoms with E-state index >= 15 is 0 Å². The lowest BCUT2D eigenvalue weighted by molar-refractivity contribution is -0.384. The standard InChI is InChI=1S/C17H13N3O3/c21-16-13-6-2-8-15(13)19(17-14(16)7-3-9-18-17)11-4-1-5-12(10-11)20(22)23/h1,3-5,7,9-10H,2,6,8H2. The number of nitrogens with zero attached hydrogens (tertiary/aromatic N) is 3. The Morgan fingerprint density at radius 1 is 1.17 bits per heavy atom. The van der Waals surface area contributed by atoms with Crippen molar-refractivity contribution in [2.45, 2.75) is 19.3 Å². The Labute approximate surface area is 131 Å². The highest BCUT2D eigenvalue weighted by Crippen LogP contribution is 2.28. The van der Waals surface area contributed by atoms with Crippen molar-refractivity contribution in [3.05, 3.63) is 74.2 Å². The third-order valence-corrected chi connectivity index (χ3v) is 4.27. The highest BCUT2D eigenvalue weighted by molar-refractivity contribution is 5.78. The van der Waals surface area contributed by atoms with Gasteiger partial charge in [-0.25, -0.2) is 4.98 Å². The van der Waals surface area contributed by atoms with Gasteiger partial charge in [-0.2, -0.15) is 0 Å². The first kappa shape index (κ1) is 13.6. The summed E-state index contributed by atoms with van der Waals surface area (Å²) in [6.45, 7) is 0. The molecule has 0 aliphatic heterocycles. The molecule has 0 spiro atoms. The van der Waals surface area contributed by atoms with Gasteiger partial charge in [0, 0.05) is 29.6 Å². The molecule has 114 valence electrons. The van der Waals surface area contributed by atoms with Crippen LogP contribution in [0.25, 0.3) is 16.7 Å². The van der Waals surface area contributed by atoms with E-state index in [0.29, 0.717) is 16.7 Å². The minimum atomic E-state index is -0.415. The summed E-state index contributed by atoms with van der Waals surface area (Å²) in [7, 11) is 0. The highest BCUT2D eigenvalue weighted by Gasteiger charge is 2.23. The lowest BCUT2D eigenvalue weighted by Crippen LogP contribution is -2.17. The molecule has 6 nitrogen and oxygen atoms in total. The summed E-state index contributed by atoms with van der Waals surface area (Å²) in [4.78, 5) is 27.6. The van der Waals surface area contributed by atoms with Gasteiger partial charge in [0.15, 0.2) is 5.43 Å². The van der Waals surface area contributed by atoms with Gasteiger partial charge >= 0.3 is 0 Å². The molecule has 0 saturated heterocycles. The Kier molecular flexibility index (Phi) is 2.97. The van der Waals surface area contributed by atoms with Crippen LogP contribution in [0.3, 0.4) is 0 Å². The molecule has 0 radical (unpaired) electrons. The number of aromatic nitrogens is 2. The van der Waals surface area contributed by atoms with Gasteiger partial charge in [-0.1, -0.05) is 6.07 Å². The van der Waals surface area contributed by atoms with E-state index < -0.39 is 4.92 Å². The van der Waals surface area contributed by atoms with Gasteiger partial charge in [0.1, 0.15) is 5.65 Å². The van der Waals surface area contributed by atoms with E-state index in [0.717, 1.165) is 30.5 Å². The number of nitro groups is 1. The van der Waals surface area contributed by atoms with Crippen LogP contribution in [0.15, 0.2) is 47.4 Å². The van der Waals surface area contributed by atoms with Gasteiger partial charge in [0.2, 0.25) is 0 Å². The summed E-state index contributed by atoms with van der Waals surface area (Å²) < 4.78 is 1.89. The van der Waals surface area contributed by atoms with E-state index in [1.165, 1.54) is 12.1 Å². The molecule has 2 heterocycles. The van der Waals surface area contributed by atoms with Crippen LogP contribution >= 0.6 is 0 Å². The van der Waals surface area contributed by atoms with Crippen LogP contribution in [0.2, 0.25) is 0 Å². The van der Waals surface area contributed by atoms with Crippen molar-refractivity contribution >= 4 is 16.7 Å². The van der Waals surface area contributed by atoms with Gasteiger partial charge in [-0.15, -0.1) is 0 Å². The summed E-state index contributed by atoms with van der Waals surface area (Å²) in [5, 5.41) is 11.6. The molecular formula is C17H13N3O3. The number of benzene rings is 1. The van der Waals surface area contributed by atoms with Gasteiger partial charge in [-0.05, 0) is 37.5 Å². The fourth-order valence-corrected chi connectivity index (χ4v) is 3.29. The fraction of sp³-hybridized carbons (Fsp3) is 0.176. The maximum absolute atomic E-state index is 12.6. The van der Waals surface area contributed by atoms with Gasteiger partial charge in [-0.3, -0.25) is 19.5 Å². The average Bonchev–Trinajstić information content (AvgIpc) is 3.05. The van der Waals surface area contributed by atoms with Crippen LogP contribution in [-0.4, -0.2) is 14.5 Å². The number of pyridine rings is 2. The maximum Gasteiger partial charge on any atom is 0.271 e. The second kappa shape index (κ2) is 5.01. The fourth-order valence-electron chi connectivity index (χ4n) is 3.29. The first-order valence-corrected chi connectivity index (χ1v) is 7.43. The molecule has 3 aromatic rings. The zero-order valence-corrected chi connectivity index (χ0v) is 12.2. The zero-order chi connectivity index (χ0) is 16.0.